The summed E-state index contributed by atoms with van der Waals surface area (Å²) in [6.45, 7) is 10.3. The lowest BCUT2D eigenvalue weighted by Crippen LogP contribution is -2.44. The first kappa shape index (κ1) is 22.7. The third-order valence-corrected chi connectivity index (χ3v) is 4.73. The van der Waals surface area contributed by atoms with E-state index in [2.05, 4.69) is 5.32 Å². The van der Waals surface area contributed by atoms with Crippen molar-refractivity contribution in [3.8, 4) is 0 Å². The molecule has 1 aliphatic rings. The van der Waals surface area contributed by atoms with Gasteiger partial charge in [0.2, 0.25) is 0 Å². The van der Waals surface area contributed by atoms with Crippen LogP contribution in [-0.4, -0.2) is 47.7 Å². The van der Waals surface area contributed by atoms with Crippen molar-refractivity contribution in [1.29, 1.82) is 0 Å². The predicted molar refractivity (Wildman–Crippen MR) is 109 cm³/mol. The number of esters is 1. The summed E-state index contributed by atoms with van der Waals surface area (Å²) >= 11 is 0. The number of aryl methyl sites for hydroxylation is 1. The molecular weight excluding hydrogens is 372 g/mol. The Balaban J connectivity index is 1.74. The van der Waals surface area contributed by atoms with Crippen LogP contribution in [0, 0.1) is 12.8 Å². The normalized spacial score (nSPS) is 16.1. The minimum Gasteiger partial charge on any atom is -0.452 e. The van der Waals surface area contributed by atoms with Gasteiger partial charge in [-0.25, -0.2) is 4.79 Å². The molecule has 1 heterocycles. The van der Waals surface area contributed by atoms with Crippen molar-refractivity contribution in [1.82, 2.24) is 10.2 Å². The van der Waals surface area contributed by atoms with Gasteiger partial charge in [-0.05, 0) is 53.0 Å². The maximum absolute atomic E-state index is 12.4. The van der Waals surface area contributed by atoms with Crippen molar-refractivity contribution in [2.75, 3.05) is 13.1 Å². The van der Waals surface area contributed by atoms with Crippen LogP contribution in [0.5, 0.6) is 0 Å². The monoisotopic (exact) mass is 404 g/mol. The minimum atomic E-state index is -0.864. The number of nitrogens with zero attached hydrogens (tertiary/aromatic N) is 1. The van der Waals surface area contributed by atoms with Gasteiger partial charge in [0.25, 0.3) is 5.91 Å². The average molecular weight is 405 g/mol. The zero-order valence-electron chi connectivity index (χ0n) is 18.0. The molecule has 1 fully saturated rings. The molecule has 7 nitrogen and oxygen atoms in total. The average Bonchev–Trinajstić information content (AvgIpc) is 2.66. The first-order chi connectivity index (χ1) is 13.5. The van der Waals surface area contributed by atoms with E-state index in [1.54, 1.807) is 11.8 Å². The first-order valence-corrected chi connectivity index (χ1v) is 10.1. The summed E-state index contributed by atoms with van der Waals surface area (Å²) in [6, 6.07) is 7.86. The Morgan fingerprint density at radius 2 is 1.72 bits per heavy atom. The van der Waals surface area contributed by atoms with E-state index in [9.17, 15) is 14.4 Å². The fraction of sp³-hybridized carbons (Fsp3) is 0.591. The molecule has 0 bridgehead atoms. The second-order valence-electron chi connectivity index (χ2n) is 8.52. The van der Waals surface area contributed by atoms with Crippen molar-refractivity contribution in [2.45, 2.75) is 65.7 Å². The van der Waals surface area contributed by atoms with Gasteiger partial charge in [0, 0.05) is 19.6 Å². The quantitative estimate of drug-likeness (QED) is 0.762. The summed E-state index contributed by atoms with van der Waals surface area (Å²) in [4.78, 5) is 38.3. The Hall–Kier alpha value is -2.57. The van der Waals surface area contributed by atoms with Crippen molar-refractivity contribution in [2.24, 2.45) is 5.92 Å². The molecular formula is C22H32N2O5. The summed E-state index contributed by atoms with van der Waals surface area (Å²) in [5, 5.41) is 2.78. The maximum Gasteiger partial charge on any atom is 0.410 e. The number of rotatable bonds is 5. The molecule has 160 valence electrons. The van der Waals surface area contributed by atoms with Gasteiger partial charge in [-0.1, -0.05) is 29.8 Å². The molecule has 0 aliphatic carbocycles. The van der Waals surface area contributed by atoms with E-state index >= 15 is 0 Å². The number of nitrogens with one attached hydrogen (secondary N) is 1. The molecule has 29 heavy (non-hydrogen) atoms. The van der Waals surface area contributed by atoms with Crippen molar-refractivity contribution < 1.29 is 23.9 Å². The summed E-state index contributed by atoms with van der Waals surface area (Å²) < 4.78 is 10.7. The van der Waals surface area contributed by atoms with Crippen LogP contribution in [0.1, 0.15) is 51.7 Å². The van der Waals surface area contributed by atoms with Crippen molar-refractivity contribution in [3.63, 3.8) is 0 Å². The smallest absolute Gasteiger partial charge is 0.410 e. The van der Waals surface area contributed by atoms with Crippen molar-refractivity contribution >= 4 is 18.0 Å². The second kappa shape index (κ2) is 9.76. The predicted octanol–water partition coefficient (Wildman–Crippen LogP) is 3.19. The maximum atomic E-state index is 12.4. The Morgan fingerprint density at radius 3 is 2.28 bits per heavy atom. The van der Waals surface area contributed by atoms with Gasteiger partial charge in [-0.3, -0.25) is 9.59 Å². The number of ether oxygens (including phenoxy) is 2. The minimum absolute atomic E-state index is 0.318. The number of benzene rings is 1. The summed E-state index contributed by atoms with van der Waals surface area (Å²) in [5.74, 6) is -1.04. The van der Waals surface area contributed by atoms with E-state index in [1.165, 1.54) is 0 Å². The van der Waals surface area contributed by atoms with Gasteiger partial charge in [0.05, 0.1) is 5.92 Å². The summed E-state index contributed by atoms with van der Waals surface area (Å²) in [5.41, 5.74) is 1.59. The zero-order valence-corrected chi connectivity index (χ0v) is 18.0. The molecule has 1 aliphatic heterocycles. The van der Waals surface area contributed by atoms with Crippen molar-refractivity contribution in [3.05, 3.63) is 35.4 Å². The number of likely N-dealkylation sites (tertiary alicyclic amines) is 1. The molecule has 1 aromatic carbocycles. The molecule has 2 rings (SSSR count). The second-order valence-corrected chi connectivity index (χ2v) is 8.52. The highest BCUT2D eigenvalue weighted by Crippen LogP contribution is 2.21. The van der Waals surface area contributed by atoms with E-state index in [0.717, 1.165) is 11.1 Å². The number of carbonyl (C=O) groups is 3. The fourth-order valence-corrected chi connectivity index (χ4v) is 2.99. The molecule has 2 amide bonds. The SMILES string of the molecule is Cc1ccc(CNC(=O)[C@@H](C)OC(=O)C2CCN(C(=O)OC(C)(C)C)CC2)cc1. The van der Waals surface area contributed by atoms with Gasteiger partial charge in [0.1, 0.15) is 5.60 Å². The third kappa shape index (κ3) is 7.40. The fourth-order valence-electron chi connectivity index (χ4n) is 2.99. The Kier molecular flexibility index (Phi) is 7.65. The lowest BCUT2D eigenvalue weighted by Gasteiger charge is -2.32. The van der Waals surface area contributed by atoms with Crippen LogP contribution < -0.4 is 5.32 Å². The highest BCUT2D eigenvalue weighted by Gasteiger charge is 2.32. The van der Waals surface area contributed by atoms with E-state index in [-0.39, 0.29) is 17.9 Å². The van der Waals surface area contributed by atoms with Crippen LogP contribution in [0.3, 0.4) is 0 Å². The highest BCUT2D eigenvalue weighted by atomic mass is 16.6. The van der Waals surface area contributed by atoms with Crippen LogP contribution in [0.15, 0.2) is 24.3 Å². The standard InChI is InChI=1S/C22H32N2O5/c1-15-6-8-17(9-7-15)14-23-19(25)16(2)28-20(26)18-10-12-24(13-11-18)21(27)29-22(3,4)5/h6-9,16,18H,10-14H2,1-5H3,(H,23,25)/t16-/m1/s1. The molecule has 7 heteroatoms. The van der Waals surface area contributed by atoms with E-state index in [0.29, 0.717) is 32.5 Å². The summed E-state index contributed by atoms with van der Waals surface area (Å²) in [6.07, 6.45) is -0.240. The molecule has 0 unspecified atom stereocenters. The zero-order chi connectivity index (χ0) is 21.6. The molecule has 0 radical (unpaired) electrons. The number of carbonyl (C=O) groups excluding carboxylic acids is 3. The van der Waals surface area contributed by atoms with Crippen LogP contribution in [0.4, 0.5) is 4.79 Å². The molecule has 0 saturated carbocycles. The third-order valence-electron chi connectivity index (χ3n) is 4.73. The number of hydrogen-bond acceptors (Lipinski definition) is 5. The lowest BCUT2D eigenvalue weighted by atomic mass is 9.97. The highest BCUT2D eigenvalue weighted by molar-refractivity contribution is 5.84. The number of hydrogen-bond donors (Lipinski definition) is 1. The van der Waals surface area contributed by atoms with Gasteiger partial charge >= 0.3 is 12.1 Å². The molecule has 1 atom stereocenters. The summed E-state index contributed by atoms with van der Waals surface area (Å²) in [7, 11) is 0. The van der Waals surface area contributed by atoms with Gasteiger partial charge in [0.15, 0.2) is 6.10 Å². The van der Waals surface area contributed by atoms with Crippen LogP contribution in [0.25, 0.3) is 0 Å². The van der Waals surface area contributed by atoms with Crippen LogP contribution >= 0.6 is 0 Å². The number of amides is 2. The Morgan fingerprint density at radius 1 is 1.14 bits per heavy atom. The molecule has 1 N–H and O–H groups in total. The van der Waals surface area contributed by atoms with Gasteiger partial charge in [-0.15, -0.1) is 0 Å². The van der Waals surface area contributed by atoms with Crippen LogP contribution in [-0.2, 0) is 25.6 Å². The van der Waals surface area contributed by atoms with Gasteiger partial charge in [-0.2, -0.15) is 0 Å². The topological polar surface area (TPSA) is 84.9 Å². The first-order valence-electron chi connectivity index (χ1n) is 10.1. The van der Waals surface area contributed by atoms with E-state index < -0.39 is 17.7 Å². The van der Waals surface area contributed by atoms with Crippen LogP contribution in [0.2, 0.25) is 0 Å². The van der Waals surface area contributed by atoms with E-state index in [4.69, 9.17) is 9.47 Å². The largest absolute Gasteiger partial charge is 0.452 e. The molecule has 1 aromatic rings. The lowest BCUT2D eigenvalue weighted by molar-refractivity contribution is -0.160. The molecule has 0 spiro atoms. The van der Waals surface area contributed by atoms with E-state index in [1.807, 2.05) is 52.0 Å². The van der Waals surface area contributed by atoms with Gasteiger partial charge < -0.3 is 19.7 Å². The Labute approximate surface area is 172 Å². The number of piperidine rings is 1. The molecule has 1 saturated heterocycles. The Bertz CT molecular complexity index is 716. The molecule has 0 aromatic heterocycles.